The number of quaternary nitrogens is 1. The number of hydrogen-bond donors (Lipinski definition) is 1. The molecule has 1 unspecified atom stereocenters. The highest BCUT2D eigenvalue weighted by atomic mass is 19.1. The Balaban J connectivity index is 2.14. The average Bonchev–Trinajstić information content (AvgIpc) is 2.42. The molecule has 1 saturated heterocycles. The molecule has 0 aromatic heterocycles. The van der Waals surface area contributed by atoms with Gasteiger partial charge in [0.25, 0.3) is 5.91 Å². The van der Waals surface area contributed by atoms with Gasteiger partial charge in [-0.2, -0.15) is 0 Å². The van der Waals surface area contributed by atoms with Gasteiger partial charge in [-0.25, -0.2) is 4.39 Å². The Hall–Kier alpha value is -1.42. The van der Waals surface area contributed by atoms with Crippen molar-refractivity contribution in [2.45, 2.75) is 46.1 Å². The van der Waals surface area contributed by atoms with E-state index in [1.807, 2.05) is 20.8 Å². The van der Waals surface area contributed by atoms with E-state index in [1.165, 1.54) is 31.4 Å². The number of likely N-dealkylation sites (N-methyl/N-ethyl adjacent to an activating group) is 1. The van der Waals surface area contributed by atoms with Gasteiger partial charge in [0.15, 0.2) is 6.04 Å². The molecule has 4 heteroatoms. The number of carbonyl (C=O) groups excluding carboxylic acids is 1. The largest absolute Gasteiger partial charge is 0.320 e. The van der Waals surface area contributed by atoms with Crippen LogP contribution in [-0.2, 0) is 4.79 Å². The zero-order valence-corrected chi connectivity index (χ0v) is 13.5. The highest BCUT2D eigenvalue weighted by molar-refractivity contribution is 5.95. The standard InChI is InChI=1S/C17H25FN2O/c1-12-10-15(18)11-13(2)16(12)19-17(21)14(3)20(4)8-6-5-7-9-20/h10-11,14H,5-9H2,1-4H3/p+1. The number of likely N-dealkylation sites (tertiary alicyclic amines) is 1. The Bertz CT molecular complexity index is 513. The second kappa shape index (κ2) is 6.14. The van der Waals surface area contributed by atoms with Gasteiger partial charge in [-0.3, -0.25) is 4.79 Å². The van der Waals surface area contributed by atoms with E-state index in [0.717, 1.165) is 34.4 Å². The molecule has 1 heterocycles. The fraction of sp³-hybridized carbons (Fsp3) is 0.588. The summed E-state index contributed by atoms with van der Waals surface area (Å²) < 4.78 is 14.1. The van der Waals surface area contributed by atoms with Crippen LogP contribution in [0.3, 0.4) is 0 Å². The molecule has 1 amide bonds. The summed E-state index contributed by atoms with van der Waals surface area (Å²) >= 11 is 0. The summed E-state index contributed by atoms with van der Waals surface area (Å²) in [6, 6.07) is 2.84. The van der Waals surface area contributed by atoms with Crippen LogP contribution in [-0.4, -0.2) is 36.6 Å². The number of hydrogen-bond acceptors (Lipinski definition) is 1. The summed E-state index contributed by atoms with van der Waals surface area (Å²) in [5, 5.41) is 3.01. The third-order valence-electron chi connectivity index (χ3n) is 4.90. The van der Waals surface area contributed by atoms with Crippen molar-refractivity contribution in [3.8, 4) is 0 Å². The first-order valence-electron chi connectivity index (χ1n) is 7.75. The Morgan fingerprint density at radius 1 is 1.19 bits per heavy atom. The number of aryl methyl sites for hydroxylation is 2. The minimum Gasteiger partial charge on any atom is -0.320 e. The highest BCUT2D eigenvalue weighted by Crippen LogP contribution is 2.24. The van der Waals surface area contributed by atoms with Crippen molar-refractivity contribution in [3.05, 3.63) is 29.1 Å². The molecule has 0 radical (unpaired) electrons. The zero-order chi connectivity index (χ0) is 15.6. The third-order valence-corrected chi connectivity index (χ3v) is 4.90. The van der Waals surface area contributed by atoms with Gasteiger partial charge in [0.1, 0.15) is 5.82 Å². The normalized spacial score (nSPS) is 19.1. The summed E-state index contributed by atoms with van der Waals surface area (Å²) in [5.41, 5.74) is 2.29. The number of amides is 1. The highest BCUT2D eigenvalue weighted by Gasteiger charge is 2.36. The van der Waals surface area contributed by atoms with E-state index < -0.39 is 0 Å². The number of piperidine rings is 1. The van der Waals surface area contributed by atoms with Crippen molar-refractivity contribution in [2.75, 3.05) is 25.5 Å². The van der Waals surface area contributed by atoms with Crippen molar-refractivity contribution in [1.82, 2.24) is 0 Å². The molecule has 1 aliphatic rings. The molecule has 1 aliphatic heterocycles. The predicted molar refractivity (Wildman–Crippen MR) is 83.7 cm³/mol. The number of nitrogens with one attached hydrogen (secondary N) is 1. The SMILES string of the molecule is Cc1cc(F)cc(C)c1NC(=O)C(C)[N+]1(C)CCCCC1. The molecule has 0 aliphatic carbocycles. The van der Waals surface area contributed by atoms with E-state index in [2.05, 4.69) is 12.4 Å². The Kier molecular flexibility index (Phi) is 4.67. The molecule has 21 heavy (non-hydrogen) atoms. The van der Waals surface area contributed by atoms with E-state index in [1.54, 1.807) is 0 Å². The summed E-state index contributed by atoms with van der Waals surface area (Å²) in [7, 11) is 2.16. The van der Waals surface area contributed by atoms with Crippen LogP contribution < -0.4 is 5.32 Å². The molecule has 1 N–H and O–H groups in total. The van der Waals surface area contributed by atoms with Gasteiger partial charge in [-0.15, -0.1) is 0 Å². The fourth-order valence-corrected chi connectivity index (χ4v) is 3.24. The smallest absolute Gasteiger partial charge is 0.282 e. The van der Waals surface area contributed by atoms with Crippen LogP contribution in [0.4, 0.5) is 10.1 Å². The van der Waals surface area contributed by atoms with E-state index in [-0.39, 0.29) is 17.8 Å². The quantitative estimate of drug-likeness (QED) is 0.850. The van der Waals surface area contributed by atoms with E-state index in [9.17, 15) is 9.18 Å². The van der Waals surface area contributed by atoms with Crippen LogP contribution in [0.2, 0.25) is 0 Å². The maximum absolute atomic E-state index is 13.3. The lowest BCUT2D eigenvalue weighted by atomic mass is 10.0. The van der Waals surface area contributed by atoms with Gasteiger partial charge in [-0.05, 0) is 63.3 Å². The number of carbonyl (C=O) groups is 1. The van der Waals surface area contributed by atoms with Crippen molar-refractivity contribution in [3.63, 3.8) is 0 Å². The first-order chi connectivity index (χ1) is 9.83. The molecular weight excluding hydrogens is 267 g/mol. The lowest BCUT2D eigenvalue weighted by molar-refractivity contribution is -0.926. The fourth-order valence-electron chi connectivity index (χ4n) is 3.24. The summed E-state index contributed by atoms with van der Waals surface area (Å²) in [4.78, 5) is 12.6. The molecule has 3 nitrogen and oxygen atoms in total. The molecule has 0 saturated carbocycles. The van der Waals surface area contributed by atoms with Crippen LogP contribution in [0.15, 0.2) is 12.1 Å². The molecule has 1 aromatic carbocycles. The van der Waals surface area contributed by atoms with Gasteiger partial charge >= 0.3 is 0 Å². The van der Waals surface area contributed by atoms with Gasteiger partial charge in [0, 0.05) is 5.69 Å². The minimum atomic E-state index is -0.258. The van der Waals surface area contributed by atoms with Crippen molar-refractivity contribution in [1.29, 1.82) is 0 Å². The topological polar surface area (TPSA) is 29.1 Å². The van der Waals surface area contributed by atoms with E-state index >= 15 is 0 Å². The first-order valence-corrected chi connectivity index (χ1v) is 7.75. The number of rotatable bonds is 3. The van der Waals surface area contributed by atoms with Crippen LogP contribution >= 0.6 is 0 Å². The van der Waals surface area contributed by atoms with Crippen LogP contribution in [0.25, 0.3) is 0 Å². The predicted octanol–water partition coefficient (Wildman–Crippen LogP) is 3.40. The zero-order valence-electron chi connectivity index (χ0n) is 13.5. The molecule has 0 spiro atoms. The van der Waals surface area contributed by atoms with Crippen molar-refractivity contribution in [2.24, 2.45) is 0 Å². The third kappa shape index (κ3) is 3.43. The first kappa shape index (κ1) is 16.0. The second-order valence-corrected chi connectivity index (χ2v) is 6.57. The number of anilines is 1. The molecule has 116 valence electrons. The molecule has 1 atom stereocenters. The molecule has 0 bridgehead atoms. The summed E-state index contributed by atoms with van der Waals surface area (Å²) in [6.07, 6.45) is 3.63. The Morgan fingerprint density at radius 2 is 1.71 bits per heavy atom. The summed E-state index contributed by atoms with van der Waals surface area (Å²) in [6.45, 7) is 7.75. The molecule has 1 fully saturated rings. The Labute approximate surface area is 126 Å². The van der Waals surface area contributed by atoms with Gasteiger partial charge in [-0.1, -0.05) is 0 Å². The molecule has 1 aromatic rings. The van der Waals surface area contributed by atoms with Gasteiger partial charge in [0.05, 0.1) is 20.1 Å². The van der Waals surface area contributed by atoms with Gasteiger partial charge < -0.3 is 9.80 Å². The maximum Gasteiger partial charge on any atom is 0.282 e. The van der Waals surface area contributed by atoms with E-state index in [0.29, 0.717) is 0 Å². The Morgan fingerprint density at radius 3 is 2.24 bits per heavy atom. The minimum absolute atomic E-state index is 0.0252. The van der Waals surface area contributed by atoms with Crippen LogP contribution in [0, 0.1) is 19.7 Å². The van der Waals surface area contributed by atoms with Crippen molar-refractivity contribution < 1.29 is 13.7 Å². The summed E-state index contributed by atoms with van der Waals surface area (Å²) in [5.74, 6) is -0.233. The second-order valence-electron chi connectivity index (χ2n) is 6.57. The molecule has 2 rings (SSSR count). The lowest BCUT2D eigenvalue weighted by Crippen LogP contribution is -2.58. The van der Waals surface area contributed by atoms with Gasteiger partial charge in [0.2, 0.25) is 0 Å². The maximum atomic E-state index is 13.3. The van der Waals surface area contributed by atoms with Crippen LogP contribution in [0.1, 0.15) is 37.3 Å². The lowest BCUT2D eigenvalue weighted by Gasteiger charge is -2.41. The number of halogens is 1. The average molecular weight is 293 g/mol. The number of benzene rings is 1. The van der Waals surface area contributed by atoms with Crippen molar-refractivity contribution >= 4 is 11.6 Å². The van der Waals surface area contributed by atoms with Crippen LogP contribution in [0.5, 0.6) is 0 Å². The monoisotopic (exact) mass is 293 g/mol. The number of nitrogens with zero attached hydrogens (tertiary/aromatic N) is 1. The van der Waals surface area contributed by atoms with E-state index in [4.69, 9.17) is 0 Å². The molecular formula is C17H26FN2O+.